The zero-order chi connectivity index (χ0) is 21.8. The van der Waals surface area contributed by atoms with E-state index in [0.29, 0.717) is 36.2 Å². The Labute approximate surface area is 186 Å². The summed E-state index contributed by atoms with van der Waals surface area (Å²) < 4.78 is 0. The predicted molar refractivity (Wildman–Crippen MR) is 125 cm³/mol. The zero-order valence-corrected chi connectivity index (χ0v) is 18.2. The summed E-state index contributed by atoms with van der Waals surface area (Å²) >= 11 is 0. The summed E-state index contributed by atoms with van der Waals surface area (Å²) in [5, 5.41) is 0. The normalized spacial score (nSPS) is 22.1. The van der Waals surface area contributed by atoms with Gasteiger partial charge in [-0.2, -0.15) is 0 Å². The van der Waals surface area contributed by atoms with Gasteiger partial charge in [0.15, 0.2) is 0 Å². The molecule has 1 saturated heterocycles. The van der Waals surface area contributed by atoms with E-state index >= 15 is 0 Å². The first-order valence-electron chi connectivity index (χ1n) is 11.3. The predicted octanol–water partition coefficient (Wildman–Crippen LogP) is 3.65. The molecule has 2 N–H and O–H groups in total. The van der Waals surface area contributed by atoms with E-state index in [4.69, 9.17) is 5.73 Å². The third-order valence-electron chi connectivity index (χ3n) is 6.61. The second-order valence-corrected chi connectivity index (χ2v) is 8.68. The molecule has 2 fully saturated rings. The Morgan fingerprint density at radius 3 is 2.68 bits per heavy atom. The standard InChI is InChI=1S/C24H31N5O2.2H2/c1-17-7-2-3-8-18(17)24(31)29-14-6-13-28(15-16-29)21-11-4-10-20(27-21)22(30)19-9-5-12-26-23(19)25;;/h4-5,9-12,17-18H,2-3,6-8,13-16H2,1H3,(H2,25,26);2*1H. The van der Waals surface area contributed by atoms with Crippen LogP contribution in [0.2, 0.25) is 0 Å². The molecule has 2 atom stereocenters. The van der Waals surface area contributed by atoms with Crippen LogP contribution in [0.4, 0.5) is 11.6 Å². The average molecular weight is 426 g/mol. The maximum Gasteiger partial charge on any atom is 0.226 e. The number of rotatable bonds is 4. The fraction of sp³-hybridized carbons (Fsp3) is 0.500. The van der Waals surface area contributed by atoms with Crippen molar-refractivity contribution in [3.05, 3.63) is 47.8 Å². The van der Waals surface area contributed by atoms with Crippen molar-refractivity contribution in [1.82, 2.24) is 14.9 Å². The first-order chi connectivity index (χ1) is 15.0. The smallest absolute Gasteiger partial charge is 0.226 e. The molecule has 168 valence electrons. The maximum atomic E-state index is 13.1. The van der Waals surface area contributed by atoms with E-state index in [9.17, 15) is 9.59 Å². The van der Waals surface area contributed by atoms with E-state index in [1.165, 1.54) is 6.42 Å². The highest BCUT2D eigenvalue weighted by Gasteiger charge is 2.32. The van der Waals surface area contributed by atoms with Crippen LogP contribution in [0, 0.1) is 11.8 Å². The van der Waals surface area contributed by atoms with Crippen LogP contribution in [0.25, 0.3) is 0 Å². The third kappa shape index (κ3) is 4.70. The van der Waals surface area contributed by atoms with Crippen molar-refractivity contribution in [3.63, 3.8) is 0 Å². The molecule has 0 radical (unpaired) electrons. The number of nitrogens with zero attached hydrogens (tertiary/aromatic N) is 4. The fourth-order valence-electron chi connectivity index (χ4n) is 4.76. The van der Waals surface area contributed by atoms with Crippen LogP contribution in [0.3, 0.4) is 0 Å². The molecule has 2 aromatic rings. The van der Waals surface area contributed by atoms with Gasteiger partial charge < -0.3 is 15.5 Å². The van der Waals surface area contributed by atoms with Gasteiger partial charge in [-0.25, -0.2) is 9.97 Å². The van der Waals surface area contributed by atoms with Gasteiger partial charge in [0.25, 0.3) is 0 Å². The zero-order valence-electron chi connectivity index (χ0n) is 18.2. The van der Waals surface area contributed by atoms with Gasteiger partial charge in [0, 0.05) is 41.1 Å². The summed E-state index contributed by atoms with van der Waals surface area (Å²) in [7, 11) is 0. The molecule has 1 saturated carbocycles. The Morgan fingerprint density at radius 1 is 1.03 bits per heavy atom. The molecule has 2 unspecified atom stereocenters. The van der Waals surface area contributed by atoms with Crippen molar-refractivity contribution in [2.75, 3.05) is 36.8 Å². The lowest BCUT2D eigenvalue weighted by molar-refractivity contribution is -0.138. The second kappa shape index (κ2) is 9.45. The van der Waals surface area contributed by atoms with Gasteiger partial charge >= 0.3 is 0 Å². The van der Waals surface area contributed by atoms with Gasteiger partial charge in [-0.15, -0.1) is 0 Å². The minimum atomic E-state index is -0.231. The van der Waals surface area contributed by atoms with Gasteiger partial charge in [-0.05, 0) is 49.4 Å². The number of aromatic nitrogens is 2. The molecular weight excluding hydrogens is 390 g/mol. The number of anilines is 2. The van der Waals surface area contributed by atoms with E-state index in [2.05, 4.69) is 21.8 Å². The average Bonchev–Trinajstić information content (AvgIpc) is 3.05. The number of nitrogens with two attached hydrogens (primary N) is 1. The Bertz CT molecular complexity index is 958. The van der Waals surface area contributed by atoms with Crippen LogP contribution < -0.4 is 10.6 Å². The highest BCUT2D eigenvalue weighted by atomic mass is 16.2. The molecule has 0 spiro atoms. The van der Waals surface area contributed by atoms with Crippen molar-refractivity contribution in [1.29, 1.82) is 0 Å². The van der Waals surface area contributed by atoms with Crippen LogP contribution >= 0.6 is 0 Å². The molecule has 4 rings (SSSR count). The largest absolute Gasteiger partial charge is 0.383 e. The maximum absolute atomic E-state index is 13.1. The quantitative estimate of drug-likeness (QED) is 0.752. The summed E-state index contributed by atoms with van der Waals surface area (Å²) in [5.41, 5.74) is 6.58. The summed E-state index contributed by atoms with van der Waals surface area (Å²) in [4.78, 5) is 38.8. The molecule has 3 heterocycles. The van der Waals surface area contributed by atoms with Gasteiger partial charge in [-0.3, -0.25) is 9.59 Å². The minimum Gasteiger partial charge on any atom is -0.383 e. The van der Waals surface area contributed by atoms with Crippen molar-refractivity contribution in [3.8, 4) is 0 Å². The highest BCUT2D eigenvalue weighted by molar-refractivity contribution is 6.10. The van der Waals surface area contributed by atoms with Gasteiger partial charge in [0.2, 0.25) is 11.7 Å². The van der Waals surface area contributed by atoms with E-state index in [-0.39, 0.29) is 20.4 Å². The fourth-order valence-corrected chi connectivity index (χ4v) is 4.76. The molecule has 0 bridgehead atoms. The van der Waals surface area contributed by atoms with Crippen molar-refractivity contribution < 1.29 is 12.4 Å². The molecule has 31 heavy (non-hydrogen) atoms. The number of nitrogen functional groups attached to an aromatic ring is 1. The van der Waals surface area contributed by atoms with Crippen LogP contribution in [0.1, 0.15) is 57.9 Å². The monoisotopic (exact) mass is 425 g/mol. The van der Waals surface area contributed by atoms with Crippen LogP contribution in [0.5, 0.6) is 0 Å². The second-order valence-electron chi connectivity index (χ2n) is 8.68. The first-order valence-corrected chi connectivity index (χ1v) is 11.3. The molecule has 1 aliphatic heterocycles. The first kappa shape index (κ1) is 21.3. The van der Waals surface area contributed by atoms with Crippen LogP contribution in [0.15, 0.2) is 36.5 Å². The molecular formula is C24H35N5O2. The number of pyridine rings is 2. The summed E-state index contributed by atoms with van der Waals surface area (Å²) in [5.74, 6) is 1.70. The topological polar surface area (TPSA) is 92.4 Å². The molecule has 1 aliphatic carbocycles. The Morgan fingerprint density at radius 2 is 1.87 bits per heavy atom. The SMILES string of the molecule is CC1CCCCC1C(=O)N1CCCN(c2cccc(C(=O)c3cccnc3N)n2)CC1.[HH].[HH]. The van der Waals surface area contributed by atoms with Gasteiger partial charge in [-0.1, -0.05) is 25.8 Å². The number of carbonyl (C=O) groups is 2. The van der Waals surface area contributed by atoms with Crippen molar-refractivity contribution in [2.24, 2.45) is 11.8 Å². The molecule has 2 aromatic heterocycles. The lowest BCUT2D eigenvalue weighted by atomic mass is 9.79. The van der Waals surface area contributed by atoms with Crippen LogP contribution in [-0.4, -0.2) is 52.7 Å². The number of hydrogen-bond acceptors (Lipinski definition) is 6. The summed E-state index contributed by atoms with van der Waals surface area (Å²) in [6.45, 7) is 5.21. The summed E-state index contributed by atoms with van der Waals surface area (Å²) in [6, 6.07) is 8.84. The van der Waals surface area contributed by atoms with Gasteiger partial charge in [0.1, 0.15) is 17.3 Å². The number of hydrogen-bond donors (Lipinski definition) is 1. The molecule has 7 nitrogen and oxygen atoms in total. The number of carbonyl (C=O) groups excluding carboxylic acids is 2. The van der Waals surface area contributed by atoms with E-state index in [0.717, 1.165) is 44.6 Å². The van der Waals surface area contributed by atoms with E-state index in [1.807, 2.05) is 17.0 Å². The van der Waals surface area contributed by atoms with Crippen molar-refractivity contribution >= 4 is 23.3 Å². The van der Waals surface area contributed by atoms with Crippen LogP contribution in [-0.2, 0) is 4.79 Å². The van der Waals surface area contributed by atoms with Gasteiger partial charge in [0.05, 0.1) is 5.56 Å². The molecule has 7 heteroatoms. The minimum absolute atomic E-state index is 0. The Hall–Kier alpha value is -2.96. The van der Waals surface area contributed by atoms with Crippen molar-refractivity contribution in [2.45, 2.75) is 39.0 Å². The Balaban J connectivity index is 0.00000193. The molecule has 2 aliphatic rings. The summed E-state index contributed by atoms with van der Waals surface area (Å²) in [6.07, 6.45) is 7.03. The Kier molecular flexibility index (Phi) is 6.49. The molecule has 1 amide bonds. The lowest BCUT2D eigenvalue weighted by Gasteiger charge is -2.32. The number of amides is 1. The highest BCUT2D eigenvalue weighted by Crippen LogP contribution is 2.31. The molecule has 0 aromatic carbocycles. The van der Waals surface area contributed by atoms with E-state index < -0.39 is 0 Å². The number of ketones is 1. The third-order valence-corrected chi connectivity index (χ3v) is 6.61. The van der Waals surface area contributed by atoms with E-state index in [1.54, 1.807) is 24.4 Å². The lowest BCUT2D eigenvalue weighted by Crippen LogP contribution is -2.41.